The second-order valence-electron chi connectivity index (χ2n) is 7.84. The molecule has 1 amide bonds. The van der Waals surface area contributed by atoms with E-state index in [1.165, 1.54) is 19.3 Å². The number of hydrogen-bond donors (Lipinski definition) is 2. The third-order valence-electron chi connectivity index (χ3n) is 5.92. The van der Waals surface area contributed by atoms with Crippen LogP contribution in [0.5, 0.6) is 0 Å². The Morgan fingerprint density at radius 3 is 3.11 bits per heavy atom. The molecule has 2 fully saturated rings. The van der Waals surface area contributed by atoms with E-state index in [4.69, 9.17) is 5.10 Å². The summed E-state index contributed by atoms with van der Waals surface area (Å²) in [6.07, 6.45) is 6.59. The molecule has 4 heterocycles. The number of amides is 1. The van der Waals surface area contributed by atoms with Crippen LogP contribution in [-0.2, 0) is 11.3 Å². The topological polar surface area (TPSA) is 75.1 Å². The number of carbonyl (C=O) groups excluding carboxylic acids is 1. The van der Waals surface area contributed by atoms with E-state index in [1.54, 1.807) is 0 Å². The SMILES string of the molecule is C[C@@H]1CCCCN1CC(=O)NCCn1nc([C@@H]2CCNC2)c2cccnc21. The van der Waals surface area contributed by atoms with E-state index in [2.05, 4.69) is 33.5 Å². The van der Waals surface area contributed by atoms with Gasteiger partial charge in [0.15, 0.2) is 5.65 Å². The fraction of sp³-hybridized carbons (Fsp3) is 0.650. The molecule has 0 radical (unpaired) electrons. The monoisotopic (exact) mass is 370 g/mol. The summed E-state index contributed by atoms with van der Waals surface area (Å²) in [5, 5.41) is 12.5. The molecule has 0 bridgehead atoms. The second-order valence-corrected chi connectivity index (χ2v) is 7.84. The highest BCUT2D eigenvalue weighted by Gasteiger charge is 2.24. The van der Waals surface area contributed by atoms with Crippen molar-refractivity contribution >= 4 is 16.9 Å². The van der Waals surface area contributed by atoms with Crippen molar-refractivity contribution in [1.82, 2.24) is 30.3 Å². The van der Waals surface area contributed by atoms with Crippen LogP contribution in [0.25, 0.3) is 11.0 Å². The van der Waals surface area contributed by atoms with E-state index in [1.807, 2.05) is 16.9 Å². The van der Waals surface area contributed by atoms with Crippen LogP contribution >= 0.6 is 0 Å². The molecule has 2 saturated heterocycles. The van der Waals surface area contributed by atoms with Gasteiger partial charge in [-0.25, -0.2) is 9.67 Å². The van der Waals surface area contributed by atoms with E-state index >= 15 is 0 Å². The number of piperidine rings is 1. The van der Waals surface area contributed by atoms with E-state index in [0.29, 0.717) is 31.6 Å². The maximum Gasteiger partial charge on any atom is 0.234 e. The molecule has 2 N–H and O–H groups in total. The molecule has 146 valence electrons. The summed E-state index contributed by atoms with van der Waals surface area (Å²) >= 11 is 0. The van der Waals surface area contributed by atoms with Gasteiger partial charge >= 0.3 is 0 Å². The quantitative estimate of drug-likeness (QED) is 0.806. The van der Waals surface area contributed by atoms with Crippen molar-refractivity contribution in [3.63, 3.8) is 0 Å². The molecular formula is C20H30N6O. The second kappa shape index (κ2) is 8.35. The molecule has 0 spiro atoms. The molecule has 2 atom stereocenters. The zero-order chi connectivity index (χ0) is 18.6. The number of carbonyl (C=O) groups is 1. The first kappa shape index (κ1) is 18.4. The molecule has 2 aliphatic rings. The largest absolute Gasteiger partial charge is 0.353 e. The average Bonchev–Trinajstić information content (AvgIpc) is 3.32. The molecular weight excluding hydrogens is 340 g/mol. The first-order valence-electron chi connectivity index (χ1n) is 10.3. The van der Waals surface area contributed by atoms with Gasteiger partial charge in [-0.05, 0) is 51.4 Å². The van der Waals surface area contributed by atoms with Crippen molar-refractivity contribution in [2.24, 2.45) is 0 Å². The Morgan fingerprint density at radius 2 is 2.30 bits per heavy atom. The lowest BCUT2D eigenvalue weighted by molar-refractivity contribution is -0.123. The number of hydrogen-bond acceptors (Lipinski definition) is 5. The van der Waals surface area contributed by atoms with Crippen LogP contribution in [0, 0.1) is 0 Å². The molecule has 0 unspecified atom stereocenters. The molecule has 2 aliphatic heterocycles. The van der Waals surface area contributed by atoms with Gasteiger partial charge in [-0.15, -0.1) is 0 Å². The summed E-state index contributed by atoms with van der Waals surface area (Å²) < 4.78 is 1.95. The maximum absolute atomic E-state index is 12.3. The lowest BCUT2D eigenvalue weighted by atomic mass is 10.0. The van der Waals surface area contributed by atoms with Crippen LogP contribution in [0.4, 0.5) is 0 Å². The summed E-state index contributed by atoms with van der Waals surface area (Å²) in [7, 11) is 0. The van der Waals surface area contributed by atoms with Crippen molar-refractivity contribution in [1.29, 1.82) is 0 Å². The highest BCUT2D eigenvalue weighted by atomic mass is 16.2. The fourth-order valence-corrected chi connectivity index (χ4v) is 4.31. The van der Waals surface area contributed by atoms with Gasteiger partial charge < -0.3 is 10.6 Å². The minimum Gasteiger partial charge on any atom is -0.353 e. The normalized spacial score (nSPS) is 23.7. The predicted molar refractivity (Wildman–Crippen MR) is 106 cm³/mol. The molecule has 0 aromatic carbocycles. The third kappa shape index (κ3) is 4.14. The van der Waals surface area contributed by atoms with Crippen molar-refractivity contribution < 1.29 is 4.79 Å². The van der Waals surface area contributed by atoms with Crippen molar-refractivity contribution in [3.8, 4) is 0 Å². The van der Waals surface area contributed by atoms with Gasteiger partial charge in [0.25, 0.3) is 0 Å². The number of pyridine rings is 1. The van der Waals surface area contributed by atoms with E-state index in [-0.39, 0.29) is 5.91 Å². The van der Waals surface area contributed by atoms with Crippen LogP contribution in [0.2, 0.25) is 0 Å². The fourth-order valence-electron chi connectivity index (χ4n) is 4.31. The first-order chi connectivity index (χ1) is 13.2. The Kier molecular flexibility index (Phi) is 5.69. The molecule has 0 aliphatic carbocycles. The summed E-state index contributed by atoms with van der Waals surface area (Å²) in [6, 6.07) is 4.59. The summed E-state index contributed by atoms with van der Waals surface area (Å²) in [5.74, 6) is 0.557. The Labute approximate surface area is 160 Å². The predicted octanol–water partition coefficient (Wildman–Crippen LogP) is 1.50. The van der Waals surface area contributed by atoms with E-state index in [0.717, 1.165) is 42.8 Å². The Balaban J connectivity index is 1.37. The summed E-state index contributed by atoms with van der Waals surface area (Å²) in [6.45, 7) is 6.99. The van der Waals surface area contributed by atoms with Gasteiger partial charge in [-0.1, -0.05) is 6.42 Å². The number of likely N-dealkylation sites (tertiary alicyclic amines) is 1. The van der Waals surface area contributed by atoms with Crippen LogP contribution in [-0.4, -0.2) is 64.3 Å². The van der Waals surface area contributed by atoms with Crippen LogP contribution < -0.4 is 10.6 Å². The van der Waals surface area contributed by atoms with E-state index < -0.39 is 0 Å². The molecule has 4 rings (SSSR count). The standard InChI is InChI=1S/C20H30N6O/c1-15-5-2-3-11-25(15)14-18(27)22-10-12-26-20-17(6-4-8-23-20)19(24-26)16-7-9-21-13-16/h4,6,8,15-16,21H,2-3,5,7,9-14H2,1H3,(H,22,27)/t15-,16-/m1/s1. The molecule has 7 heteroatoms. The first-order valence-corrected chi connectivity index (χ1v) is 10.3. The van der Waals surface area contributed by atoms with Gasteiger partial charge in [0.05, 0.1) is 18.8 Å². The molecule has 2 aromatic heterocycles. The molecule has 7 nitrogen and oxygen atoms in total. The minimum atomic E-state index is 0.105. The van der Waals surface area contributed by atoms with Crippen LogP contribution in [0.1, 0.15) is 44.2 Å². The molecule has 2 aromatic rings. The third-order valence-corrected chi connectivity index (χ3v) is 5.92. The Bertz CT molecular complexity index is 782. The van der Waals surface area contributed by atoms with Crippen molar-refractivity contribution in [2.45, 2.75) is 51.1 Å². The highest BCUT2D eigenvalue weighted by Crippen LogP contribution is 2.27. The number of aromatic nitrogens is 3. The maximum atomic E-state index is 12.3. The van der Waals surface area contributed by atoms with Gasteiger partial charge in [-0.2, -0.15) is 5.10 Å². The highest BCUT2D eigenvalue weighted by molar-refractivity contribution is 5.79. The zero-order valence-electron chi connectivity index (χ0n) is 16.2. The lowest BCUT2D eigenvalue weighted by Gasteiger charge is -2.32. The van der Waals surface area contributed by atoms with E-state index in [9.17, 15) is 4.79 Å². The summed E-state index contributed by atoms with van der Waals surface area (Å²) in [5.41, 5.74) is 2.05. The van der Waals surface area contributed by atoms with Gasteiger partial charge in [-0.3, -0.25) is 9.69 Å². The average molecular weight is 371 g/mol. The Morgan fingerprint density at radius 1 is 1.37 bits per heavy atom. The minimum absolute atomic E-state index is 0.105. The molecule has 0 saturated carbocycles. The van der Waals surface area contributed by atoms with Gasteiger partial charge in [0.2, 0.25) is 5.91 Å². The van der Waals surface area contributed by atoms with Crippen LogP contribution in [0.3, 0.4) is 0 Å². The van der Waals surface area contributed by atoms with Gasteiger partial charge in [0, 0.05) is 36.6 Å². The number of rotatable bonds is 6. The van der Waals surface area contributed by atoms with Crippen LogP contribution in [0.15, 0.2) is 18.3 Å². The van der Waals surface area contributed by atoms with Gasteiger partial charge in [0.1, 0.15) is 0 Å². The lowest BCUT2D eigenvalue weighted by Crippen LogP contribution is -2.44. The van der Waals surface area contributed by atoms with Crippen molar-refractivity contribution in [3.05, 3.63) is 24.0 Å². The smallest absolute Gasteiger partial charge is 0.234 e. The molecule has 27 heavy (non-hydrogen) atoms. The number of nitrogens with zero attached hydrogens (tertiary/aromatic N) is 4. The Hall–Kier alpha value is -1.99. The number of fused-ring (bicyclic) bond motifs is 1. The number of nitrogens with one attached hydrogen (secondary N) is 2. The van der Waals surface area contributed by atoms with Crippen molar-refractivity contribution in [2.75, 3.05) is 32.7 Å². The summed E-state index contributed by atoms with van der Waals surface area (Å²) in [4.78, 5) is 19.1. The zero-order valence-corrected chi connectivity index (χ0v) is 16.2.